The highest BCUT2D eigenvalue weighted by molar-refractivity contribution is 6.04. The van der Waals surface area contributed by atoms with Gasteiger partial charge in [0.05, 0.1) is 23.6 Å². The third kappa shape index (κ3) is 5.56. The molecule has 37 heavy (non-hydrogen) atoms. The van der Waals surface area contributed by atoms with Gasteiger partial charge in [0.2, 0.25) is 0 Å². The molecule has 2 aromatic carbocycles. The number of carbonyl (C=O) groups excluding carboxylic acids is 1. The average Bonchev–Trinajstić information content (AvgIpc) is 3.61. The number of amides is 1. The van der Waals surface area contributed by atoms with E-state index in [9.17, 15) is 18.0 Å². The van der Waals surface area contributed by atoms with Crippen molar-refractivity contribution < 1.29 is 18.0 Å². The minimum absolute atomic E-state index is 0.107. The first kappa shape index (κ1) is 24.7. The van der Waals surface area contributed by atoms with Crippen LogP contribution in [0.5, 0.6) is 0 Å². The molecule has 192 valence electrons. The Hall–Kier alpha value is -3.99. The molecule has 0 unspecified atom stereocenters. The third-order valence-corrected chi connectivity index (χ3v) is 6.40. The second-order valence-electron chi connectivity index (χ2n) is 9.31. The predicted molar refractivity (Wildman–Crippen MR) is 132 cm³/mol. The van der Waals surface area contributed by atoms with Gasteiger partial charge in [-0.1, -0.05) is 11.3 Å². The SMILES string of the molecule is Cc1ccc(C(=O)Nc2cc(CN3CCCC3)cc(C(F)(F)F)c2)cc1-n1cc(-c2cnn(C)c2)nn1. The first-order chi connectivity index (χ1) is 17.7. The molecule has 1 saturated heterocycles. The van der Waals surface area contributed by atoms with E-state index in [1.807, 2.05) is 13.1 Å². The molecule has 4 aromatic rings. The van der Waals surface area contributed by atoms with Crippen LogP contribution in [0.25, 0.3) is 16.9 Å². The molecule has 5 rings (SSSR count). The third-order valence-electron chi connectivity index (χ3n) is 6.40. The number of alkyl halides is 3. The molecule has 0 radical (unpaired) electrons. The second kappa shape index (κ2) is 9.81. The van der Waals surface area contributed by atoms with Crippen molar-refractivity contribution in [3.8, 4) is 16.9 Å². The van der Waals surface area contributed by atoms with Gasteiger partial charge in [-0.25, -0.2) is 4.68 Å². The number of benzene rings is 2. The van der Waals surface area contributed by atoms with Crippen molar-refractivity contribution in [1.82, 2.24) is 29.7 Å². The van der Waals surface area contributed by atoms with Crippen LogP contribution in [0, 0.1) is 6.92 Å². The monoisotopic (exact) mass is 509 g/mol. The van der Waals surface area contributed by atoms with Crippen LogP contribution >= 0.6 is 0 Å². The molecule has 2 aromatic heterocycles. The molecular formula is C26H26F3N7O. The maximum absolute atomic E-state index is 13.6. The zero-order valence-corrected chi connectivity index (χ0v) is 20.5. The van der Waals surface area contributed by atoms with Gasteiger partial charge in [-0.05, 0) is 74.3 Å². The summed E-state index contributed by atoms with van der Waals surface area (Å²) >= 11 is 0. The Bertz CT molecular complexity index is 1430. The van der Waals surface area contributed by atoms with E-state index in [1.54, 1.807) is 53.1 Å². The molecule has 1 amide bonds. The number of aromatic nitrogens is 5. The average molecular weight is 510 g/mol. The van der Waals surface area contributed by atoms with Crippen LogP contribution in [0.15, 0.2) is 55.0 Å². The molecule has 1 fully saturated rings. The number of likely N-dealkylation sites (tertiary alicyclic amines) is 1. The molecular weight excluding hydrogens is 483 g/mol. The van der Waals surface area contributed by atoms with Gasteiger partial charge in [0, 0.05) is 36.6 Å². The number of nitrogens with one attached hydrogen (secondary N) is 1. The van der Waals surface area contributed by atoms with Crippen LogP contribution in [0.2, 0.25) is 0 Å². The van der Waals surface area contributed by atoms with E-state index in [4.69, 9.17) is 0 Å². The summed E-state index contributed by atoms with van der Waals surface area (Å²) < 4.78 is 44.0. The Morgan fingerprint density at radius 2 is 1.86 bits per heavy atom. The van der Waals surface area contributed by atoms with Gasteiger partial charge >= 0.3 is 6.18 Å². The summed E-state index contributed by atoms with van der Waals surface area (Å²) in [6.07, 6.45) is 2.78. The first-order valence-corrected chi connectivity index (χ1v) is 11.9. The van der Waals surface area contributed by atoms with E-state index in [1.165, 1.54) is 0 Å². The summed E-state index contributed by atoms with van der Waals surface area (Å²) in [7, 11) is 1.81. The van der Waals surface area contributed by atoms with Crippen LogP contribution in [-0.2, 0) is 19.8 Å². The van der Waals surface area contributed by atoms with Crippen molar-refractivity contribution in [3.05, 3.63) is 77.2 Å². The molecule has 0 bridgehead atoms. The topological polar surface area (TPSA) is 80.9 Å². The highest BCUT2D eigenvalue weighted by Gasteiger charge is 2.31. The van der Waals surface area contributed by atoms with E-state index in [2.05, 4.69) is 25.6 Å². The lowest BCUT2D eigenvalue weighted by molar-refractivity contribution is -0.137. The smallest absolute Gasteiger partial charge is 0.322 e. The first-order valence-electron chi connectivity index (χ1n) is 11.9. The zero-order chi connectivity index (χ0) is 26.2. The molecule has 11 heteroatoms. The number of hydrogen-bond donors (Lipinski definition) is 1. The summed E-state index contributed by atoms with van der Waals surface area (Å²) in [5.74, 6) is -0.514. The highest BCUT2D eigenvalue weighted by Crippen LogP contribution is 2.33. The van der Waals surface area contributed by atoms with Gasteiger partial charge in [0.25, 0.3) is 5.91 Å². The lowest BCUT2D eigenvalue weighted by atomic mass is 10.1. The van der Waals surface area contributed by atoms with Gasteiger partial charge in [-0.2, -0.15) is 18.3 Å². The summed E-state index contributed by atoms with van der Waals surface area (Å²) in [6.45, 7) is 4.00. The van der Waals surface area contributed by atoms with Crippen molar-refractivity contribution in [2.24, 2.45) is 7.05 Å². The fraction of sp³-hybridized carbons (Fsp3) is 0.308. The molecule has 1 N–H and O–H groups in total. The van der Waals surface area contributed by atoms with Gasteiger partial charge in [-0.3, -0.25) is 14.4 Å². The predicted octanol–water partition coefficient (Wildman–Crippen LogP) is 4.84. The number of carbonyl (C=O) groups is 1. The molecule has 1 aliphatic rings. The number of aryl methyl sites for hydroxylation is 2. The number of hydrogen-bond acceptors (Lipinski definition) is 5. The molecule has 1 aliphatic heterocycles. The van der Waals surface area contributed by atoms with E-state index >= 15 is 0 Å². The Morgan fingerprint density at radius 3 is 2.57 bits per heavy atom. The molecule has 3 heterocycles. The van der Waals surface area contributed by atoms with Crippen molar-refractivity contribution in [2.45, 2.75) is 32.5 Å². The van der Waals surface area contributed by atoms with Crippen LogP contribution in [0.4, 0.5) is 18.9 Å². The minimum atomic E-state index is -4.52. The van der Waals surface area contributed by atoms with E-state index in [0.717, 1.165) is 49.2 Å². The number of rotatable bonds is 6. The highest BCUT2D eigenvalue weighted by atomic mass is 19.4. The summed E-state index contributed by atoms with van der Waals surface area (Å²) in [5.41, 5.74) is 3.04. The van der Waals surface area contributed by atoms with Gasteiger partial charge in [-0.15, -0.1) is 5.10 Å². The van der Waals surface area contributed by atoms with Crippen molar-refractivity contribution in [2.75, 3.05) is 18.4 Å². The van der Waals surface area contributed by atoms with Gasteiger partial charge < -0.3 is 5.32 Å². The fourth-order valence-electron chi connectivity index (χ4n) is 4.49. The number of halogens is 3. The minimum Gasteiger partial charge on any atom is -0.322 e. The largest absolute Gasteiger partial charge is 0.416 e. The Balaban J connectivity index is 1.40. The molecule has 0 spiro atoms. The summed E-state index contributed by atoms with van der Waals surface area (Å²) in [5, 5.41) is 15.2. The standard InChI is InChI=1S/C26H26F3N7O/c1-17-5-6-19(11-24(17)36-16-23(32-33-36)20-13-30-34(2)15-20)25(37)31-22-10-18(14-35-7-3-4-8-35)9-21(12-22)26(27,28)29/h5-6,9-13,15-16H,3-4,7-8,14H2,1-2H3,(H,31,37). The number of anilines is 1. The van der Waals surface area contributed by atoms with Crippen LogP contribution in [0.3, 0.4) is 0 Å². The lowest BCUT2D eigenvalue weighted by Gasteiger charge is -2.18. The van der Waals surface area contributed by atoms with Crippen molar-refractivity contribution in [3.63, 3.8) is 0 Å². The molecule has 0 atom stereocenters. The van der Waals surface area contributed by atoms with Crippen molar-refractivity contribution in [1.29, 1.82) is 0 Å². The maximum atomic E-state index is 13.6. The van der Waals surface area contributed by atoms with Gasteiger partial charge in [0.1, 0.15) is 5.69 Å². The van der Waals surface area contributed by atoms with E-state index in [-0.39, 0.29) is 11.3 Å². The van der Waals surface area contributed by atoms with Crippen LogP contribution < -0.4 is 5.32 Å². The molecule has 8 nitrogen and oxygen atoms in total. The summed E-state index contributed by atoms with van der Waals surface area (Å²) in [6, 6.07) is 8.77. The fourth-order valence-corrected chi connectivity index (χ4v) is 4.49. The second-order valence-corrected chi connectivity index (χ2v) is 9.31. The Kier molecular flexibility index (Phi) is 6.55. The Morgan fingerprint density at radius 1 is 1.08 bits per heavy atom. The quantitative estimate of drug-likeness (QED) is 0.402. The molecule has 0 aliphatic carbocycles. The summed E-state index contributed by atoms with van der Waals surface area (Å²) in [4.78, 5) is 15.2. The van der Waals surface area contributed by atoms with Crippen LogP contribution in [-0.4, -0.2) is 48.7 Å². The normalized spacial score (nSPS) is 14.3. The zero-order valence-electron chi connectivity index (χ0n) is 20.5. The van der Waals surface area contributed by atoms with Gasteiger partial charge in [0.15, 0.2) is 0 Å². The van der Waals surface area contributed by atoms with E-state index in [0.29, 0.717) is 23.5 Å². The lowest BCUT2D eigenvalue weighted by Crippen LogP contribution is -2.20. The maximum Gasteiger partial charge on any atom is 0.416 e. The van der Waals surface area contributed by atoms with Crippen molar-refractivity contribution >= 4 is 11.6 Å². The Labute approximate surface area is 211 Å². The van der Waals surface area contributed by atoms with E-state index < -0.39 is 17.6 Å². The van der Waals surface area contributed by atoms with Crippen LogP contribution in [0.1, 0.15) is 39.9 Å². The number of nitrogens with zero attached hydrogens (tertiary/aromatic N) is 6. The molecule has 0 saturated carbocycles.